The molecule has 2 aromatic carbocycles. The van der Waals surface area contributed by atoms with Crippen molar-refractivity contribution in [2.45, 2.75) is 13.1 Å². The lowest BCUT2D eigenvalue weighted by molar-refractivity contribution is 0.414. The number of rotatable bonds is 6. The molecule has 140 valence electrons. The van der Waals surface area contributed by atoms with Gasteiger partial charge in [-0.15, -0.1) is 0 Å². The Morgan fingerprint density at radius 1 is 0.815 bits per heavy atom. The number of benzene rings is 2. The average molecular weight is 373 g/mol. The summed E-state index contributed by atoms with van der Waals surface area (Å²) in [6.07, 6.45) is 0.944. The first kappa shape index (κ1) is 18.4. The van der Waals surface area contributed by atoms with Gasteiger partial charge in [-0.25, -0.2) is 4.79 Å². The van der Waals surface area contributed by atoms with Gasteiger partial charge in [-0.2, -0.15) is 4.39 Å². The molecule has 0 saturated carbocycles. The van der Waals surface area contributed by atoms with Crippen LogP contribution in [-0.2, 0) is 13.1 Å². The van der Waals surface area contributed by atoms with E-state index in [1.165, 1.54) is 4.57 Å². The van der Waals surface area contributed by atoms with E-state index in [1.54, 1.807) is 62.8 Å². The van der Waals surface area contributed by atoms with E-state index in [-0.39, 0.29) is 13.1 Å². The number of hydrogen-bond donors (Lipinski definition) is 0. The number of halogens is 1. The van der Waals surface area contributed by atoms with Gasteiger partial charge in [-0.3, -0.25) is 13.9 Å². The SMILES string of the molecule is COc1ccc(C[15n]2cc(F)c(=O)[15n](Cc3ccc(OC)cc3)[13c]2=O)cc1. The molecule has 0 aliphatic carbocycles. The molecule has 0 saturated heterocycles. The lowest BCUT2D eigenvalue weighted by atomic mass is 10.2. The maximum absolute atomic E-state index is 14.1. The largest absolute Gasteiger partial charge is 0.497 e. The monoisotopic (exact) mass is 373 g/mol. The summed E-state index contributed by atoms with van der Waals surface area (Å²) in [4.78, 5) is 24.8. The summed E-state index contributed by atoms with van der Waals surface area (Å²) in [6, 6.07) is 14.0. The molecule has 0 radical (unpaired) electrons. The van der Waals surface area contributed by atoms with E-state index in [9.17, 15) is 14.0 Å². The molecule has 0 fully saturated rings. The Morgan fingerprint density at radius 3 is 1.78 bits per heavy atom. The standard InChI is InChI=1S/C20H19FN2O4/c1-26-16-7-3-14(4-8-16)11-22-13-18(21)19(24)23(20(22)25)12-15-5-9-17(27-2)10-6-15/h3-10,13H,11-12H2,1-2H3/i20+1,22+1,23+1. The summed E-state index contributed by atoms with van der Waals surface area (Å²) in [5, 5.41) is 0. The van der Waals surface area contributed by atoms with Crippen molar-refractivity contribution >= 4 is 0 Å². The van der Waals surface area contributed by atoms with Gasteiger partial charge in [0, 0.05) is 0 Å². The second-order valence-corrected chi connectivity index (χ2v) is 5.97. The van der Waals surface area contributed by atoms with Gasteiger partial charge in [0.15, 0.2) is 0 Å². The van der Waals surface area contributed by atoms with Crippen LogP contribution < -0.4 is 20.7 Å². The van der Waals surface area contributed by atoms with Crippen molar-refractivity contribution in [1.29, 1.82) is 0 Å². The predicted octanol–water partition coefficient (Wildman–Crippen LogP) is 2.26. The summed E-state index contributed by atoms with van der Waals surface area (Å²) < 4.78 is 26.4. The summed E-state index contributed by atoms with van der Waals surface area (Å²) >= 11 is 0. The second-order valence-electron chi connectivity index (χ2n) is 5.97. The molecule has 6 nitrogen and oxygen atoms in total. The molecule has 0 aliphatic heterocycles. The molecule has 3 rings (SSSR count). The lowest BCUT2D eigenvalue weighted by Gasteiger charge is -2.11. The third kappa shape index (κ3) is 4.08. The zero-order chi connectivity index (χ0) is 19.4. The molecule has 1 aromatic heterocycles. The molecular formula is C20H19FN2O4. The van der Waals surface area contributed by atoms with Crippen molar-refractivity contribution in [2.24, 2.45) is 0 Å². The molecule has 27 heavy (non-hydrogen) atoms. The van der Waals surface area contributed by atoms with Crippen LogP contribution in [0.1, 0.15) is 11.1 Å². The summed E-state index contributed by atoms with van der Waals surface area (Å²) in [5.74, 6) is 0.362. The normalized spacial score (nSPS) is 10.6. The Morgan fingerprint density at radius 2 is 1.30 bits per heavy atom. The summed E-state index contributed by atoms with van der Waals surface area (Å²) in [7, 11) is 3.11. The number of methoxy groups -OCH3 is 2. The fourth-order valence-electron chi connectivity index (χ4n) is 2.71. The van der Waals surface area contributed by atoms with Gasteiger partial charge in [0.05, 0.1) is 33.5 Å². The predicted molar refractivity (Wildman–Crippen MR) is 99.1 cm³/mol. The molecule has 7 heteroatoms. The first-order valence-corrected chi connectivity index (χ1v) is 8.27. The topological polar surface area (TPSA) is 62.5 Å². The van der Waals surface area contributed by atoms with Crippen LogP contribution in [0.25, 0.3) is 0 Å². The summed E-state index contributed by atoms with van der Waals surface area (Å²) in [6.45, 7) is 0.116. The van der Waals surface area contributed by atoms with Gasteiger partial charge in [0.2, 0.25) is 5.82 Å². The van der Waals surface area contributed by atoms with E-state index in [0.29, 0.717) is 17.1 Å². The zero-order valence-corrected chi connectivity index (χ0v) is 15.0. The quantitative estimate of drug-likeness (QED) is 0.665. The maximum Gasteiger partial charge on any atom is 0.331 e. The lowest BCUT2D eigenvalue weighted by Crippen LogP contribution is -2.41. The van der Waals surface area contributed by atoms with Gasteiger partial charge in [0.25, 0.3) is 5.56 Å². The van der Waals surface area contributed by atoms with Crippen LogP contribution in [0, 0.1) is 5.82 Å². The van der Waals surface area contributed by atoms with E-state index in [4.69, 9.17) is 9.47 Å². The Labute approximate surface area is 155 Å². The Balaban J connectivity index is 1.94. The van der Waals surface area contributed by atoms with E-state index in [1.807, 2.05) is 0 Å². The van der Waals surface area contributed by atoms with Crippen LogP contribution in [0.2, 0.25) is 0 Å². The van der Waals surface area contributed by atoms with E-state index in [2.05, 4.69) is 0 Å². The highest BCUT2D eigenvalue weighted by Crippen LogP contribution is 2.13. The van der Waals surface area contributed by atoms with Crippen LogP contribution >= 0.6 is 0 Å². The highest BCUT2D eigenvalue weighted by Gasteiger charge is 2.12. The third-order valence-electron chi connectivity index (χ3n) is 4.21. The number of ether oxygens (including phenoxy) is 2. The molecule has 0 spiro atoms. The Hall–Kier alpha value is -3.35. The number of hydrogen-bond acceptors (Lipinski definition) is 4. The van der Waals surface area contributed by atoms with Crippen LogP contribution in [0.3, 0.4) is 0 Å². The minimum absolute atomic E-state index is 0.0258. The molecule has 0 atom stereocenters. The molecule has 0 amide bonds. The summed E-state index contributed by atoms with van der Waals surface area (Å²) in [5.41, 5.74) is -0.0432. The molecule has 1 heterocycles. The van der Waals surface area contributed by atoms with Crippen LogP contribution in [0.5, 0.6) is 11.5 Å². The van der Waals surface area contributed by atoms with Gasteiger partial charge in [0.1, 0.15) is 11.5 Å². The highest BCUT2D eigenvalue weighted by atomic mass is 19.1. The van der Waals surface area contributed by atoms with E-state index < -0.39 is 17.1 Å². The van der Waals surface area contributed by atoms with Gasteiger partial charge >= 0.3 is 5.69 Å². The molecule has 3 aromatic rings. The van der Waals surface area contributed by atoms with Crippen LogP contribution in [-0.4, -0.2) is 23.4 Å². The molecule has 0 aliphatic rings. The van der Waals surface area contributed by atoms with Gasteiger partial charge in [-0.1, -0.05) is 24.3 Å². The number of aromatic nitrogens is 2. The highest BCUT2D eigenvalue weighted by molar-refractivity contribution is 5.28. The zero-order valence-electron chi connectivity index (χ0n) is 15.0. The average Bonchev–Trinajstić information content (AvgIpc) is 2.70. The molecule has 0 N–H and O–H groups in total. The Kier molecular flexibility index (Phi) is 5.40. The number of nitrogens with zero attached hydrogens (tertiary/aromatic N) is 2. The fourth-order valence-corrected chi connectivity index (χ4v) is 2.71. The van der Waals surface area contributed by atoms with Crippen LogP contribution in [0.15, 0.2) is 64.3 Å². The minimum Gasteiger partial charge on any atom is -0.497 e. The second kappa shape index (κ2) is 7.90. The van der Waals surface area contributed by atoms with Crippen molar-refractivity contribution in [3.63, 3.8) is 0 Å². The minimum atomic E-state index is -0.975. The van der Waals surface area contributed by atoms with Gasteiger partial charge < -0.3 is 9.47 Å². The van der Waals surface area contributed by atoms with Crippen LogP contribution in [0.4, 0.5) is 4.39 Å². The smallest absolute Gasteiger partial charge is 0.331 e. The van der Waals surface area contributed by atoms with Crippen molar-refractivity contribution in [3.8, 4) is 11.5 Å². The van der Waals surface area contributed by atoms with Crippen molar-refractivity contribution in [3.05, 3.63) is 92.5 Å². The fraction of sp³-hybridized carbons (Fsp3) is 0.200. The van der Waals surface area contributed by atoms with Gasteiger partial charge in [-0.05, 0) is 35.4 Å². The van der Waals surface area contributed by atoms with E-state index >= 15 is 0 Å². The van der Waals surface area contributed by atoms with Crippen molar-refractivity contribution in [1.82, 2.24) is 9.13 Å². The Bertz CT molecular complexity index is 1040. The molecule has 0 bridgehead atoms. The van der Waals surface area contributed by atoms with Crippen molar-refractivity contribution < 1.29 is 13.9 Å². The third-order valence-corrected chi connectivity index (χ3v) is 4.21. The van der Waals surface area contributed by atoms with E-state index in [0.717, 1.165) is 16.3 Å². The van der Waals surface area contributed by atoms with Crippen molar-refractivity contribution in [2.75, 3.05) is 14.2 Å². The molecule has 0 unspecified atom stereocenters. The first-order valence-electron chi connectivity index (χ1n) is 8.27. The maximum atomic E-state index is 14.1. The molecular weight excluding hydrogens is 354 g/mol. The first-order chi connectivity index (χ1) is 13.0.